The van der Waals surface area contributed by atoms with Crippen molar-refractivity contribution in [3.8, 4) is 0 Å². The molecule has 0 aliphatic heterocycles. The minimum atomic E-state index is 0.392. The lowest BCUT2D eigenvalue weighted by atomic mass is 10.1. The van der Waals surface area contributed by atoms with Crippen molar-refractivity contribution >= 4 is 11.3 Å². The van der Waals surface area contributed by atoms with Gasteiger partial charge in [0.25, 0.3) is 0 Å². The zero-order valence-electron chi connectivity index (χ0n) is 9.13. The van der Waals surface area contributed by atoms with Crippen molar-refractivity contribution in [2.24, 2.45) is 0 Å². The van der Waals surface area contributed by atoms with Gasteiger partial charge in [0.2, 0.25) is 0 Å². The Bertz CT molecular complexity index is 304. The van der Waals surface area contributed by atoms with Crippen molar-refractivity contribution < 1.29 is 0 Å². The predicted molar refractivity (Wildman–Crippen MR) is 62.8 cm³/mol. The summed E-state index contributed by atoms with van der Waals surface area (Å²) in [4.78, 5) is 5.79. The second-order valence-electron chi connectivity index (χ2n) is 3.32. The number of rotatable bonds is 5. The highest BCUT2D eigenvalue weighted by atomic mass is 32.1. The molecule has 1 atom stereocenters. The lowest BCUT2D eigenvalue weighted by molar-refractivity contribution is 0.564. The summed E-state index contributed by atoms with van der Waals surface area (Å²) in [5, 5.41) is 4.60. The average Bonchev–Trinajstić information content (AvgIpc) is 2.45. The second kappa shape index (κ2) is 5.27. The summed E-state index contributed by atoms with van der Waals surface area (Å²) in [5.74, 6) is 0. The van der Waals surface area contributed by atoms with E-state index in [2.05, 4.69) is 37.7 Å². The third-order valence-electron chi connectivity index (χ3n) is 2.11. The first-order valence-corrected chi connectivity index (χ1v) is 5.78. The summed E-state index contributed by atoms with van der Waals surface area (Å²) in [7, 11) is 0. The van der Waals surface area contributed by atoms with E-state index in [1.54, 1.807) is 11.3 Å². The van der Waals surface area contributed by atoms with Gasteiger partial charge in [-0.2, -0.15) is 0 Å². The Morgan fingerprint density at radius 1 is 1.57 bits per heavy atom. The number of nitrogens with zero attached hydrogens (tertiary/aromatic N) is 1. The van der Waals surface area contributed by atoms with Crippen LogP contribution < -0.4 is 5.32 Å². The third-order valence-corrected chi connectivity index (χ3v) is 3.30. The highest BCUT2D eigenvalue weighted by Gasteiger charge is 2.14. The first-order chi connectivity index (χ1) is 6.69. The lowest BCUT2D eigenvalue weighted by Gasteiger charge is -2.14. The maximum absolute atomic E-state index is 4.44. The van der Waals surface area contributed by atoms with Crippen LogP contribution in [0.1, 0.15) is 35.0 Å². The van der Waals surface area contributed by atoms with Gasteiger partial charge in [-0.1, -0.05) is 13.0 Å². The number of aryl methyl sites for hydroxylation is 2. The van der Waals surface area contributed by atoms with Crippen molar-refractivity contribution in [1.29, 1.82) is 0 Å². The molecule has 1 aromatic rings. The molecule has 1 rings (SSSR count). The third kappa shape index (κ3) is 2.66. The number of aromatic nitrogens is 1. The van der Waals surface area contributed by atoms with E-state index in [1.165, 1.54) is 4.88 Å². The van der Waals surface area contributed by atoms with E-state index >= 15 is 0 Å². The summed E-state index contributed by atoms with van der Waals surface area (Å²) in [5.41, 5.74) is 1.15. The van der Waals surface area contributed by atoms with E-state index in [0.29, 0.717) is 6.04 Å². The van der Waals surface area contributed by atoms with E-state index in [9.17, 15) is 0 Å². The van der Waals surface area contributed by atoms with Crippen LogP contribution >= 0.6 is 11.3 Å². The Balaban J connectivity index is 2.85. The Morgan fingerprint density at radius 2 is 2.29 bits per heavy atom. The van der Waals surface area contributed by atoms with Crippen LogP contribution in [0, 0.1) is 13.8 Å². The highest BCUT2D eigenvalue weighted by molar-refractivity contribution is 7.11. The van der Waals surface area contributed by atoms with Gasteiger partial charge in [0.15, 0.2) is 0 Å². The van der Waals surface area contributed by atoms with Gasteiger partial charge in [0.1, 0.15) is 0 Å². The maximum atomic E-state index is 4.44. The fraction of sp³-hybridized carbons (Fsp3) is 0.545. The van der Waals surface area contributed by atoms with Crippen molar-refractivity contribution in [1.82, 2.24) is 10.3 Å². The molecule has 0 saturated carbocycles. The van der Waals surface area contributed by atoms with E-state index in [4.69, 9.17) is 0 Å². The Labute approximate surface area is 90.1 Å². The zero-order valence-corrected chi connectivity index (χ0v) is 9.95. The Hall–Kier alpha value is -0.670. The molecule has 1 heterocycles. The molecule has 0 bridgehead atoms. The van der Waals surface area contributed by atoms with Crippen molar-refractivity contribution in [3.63, 3.8) is 0 Å². The molecule has 2 nitrogen and oxygen atoms in total. The highest BCUT2D eigenvalue weighted by Crippen LogP contribution is 2.26. The molecule has 1 unspecified atom stereocenters. The van der Waals surface area contributed by atoms with Crippen LogP contribution in [-0.4, -0.2) is 11.5 Å². The molecule has 0 aromatic carbocycles. The fourth-order valence-electron chi connectivity index (χ4n) is 1.57. The first kappa shape index (κ1) is 11.4. The number of hydrogen-bond donors (Lipinski definition) is 1. The Morgan fingerprint density at radius 3 is 2.71 bits per heavy atom. The van der Waals surface area contributed by atoms with Gasteiger partial charge in [-0.15, -0.1) is 17.9 Å². The maximum Gasteiger partial charge on any atom is 0.0900 e. The van der Waals surface area contributed by atoms with Gasteiger partial charge in [-0.05, 0) is 26.8 Å². The summed E-state index contributed by atoms with van der Waals surface area (Å²) < 4.78 is 0. The van der Waals surface area contributed by atoms with Gasteiger partial charge < -0.3 is 5.32 Å². The quantitative estimate of drug-likeness (QED) is 0.756. The summed E-state index contributed by atoms with van der Waals surface area (Å²) in [6.07, 6.45) is 2.93. The molecule has 78 valence electrons. The normalized spacial score (nSPS) is 12.8. The van der Waals surface area contributed by atoms with Crippen LogP contribution in [-0.2, 0) is 0 Å². The molecule has 0 saturated heterocycles. The van der Waals surface area contributed by atoms with E-state index in [0.717, 1.165) is 23.7 Å². The topological polar surface area (TPSA) is 24.9 Å². The molecule has 14 heavy (non-hydrogen) atoms. The molecule has 0 amide bonds. The van der Waals surface area contributed by atoms with Crippen LogP contribution in [0.3, 0.4) is 0 Å². The Kier molecular flexibility index (Phi) is 4.29. The van der Waals surface area contributed by atoms with E-state index < -0.39 is 0 Å². The average molecular weight is 210 g/mol. The molecule has 1 N–H and O–H groups in total. The minimum absolute atomic E-state index is 0.392. The van der Waals surface area contributed by atoms with Crippen LogP contribution in [0.25, 0.3) is 0 Å². The van der Waals surface area contributed by atoms with Gasteiger partial charge in [0.05, 0.1) is 10.7 Å². The van der Waals surface area contributed by atoms with E-state index in [-0.39, 0.29) is 0 Å². The van der Waals surface area contributed by atoms with Crippen molar-refractivity contribution in [2.75, 3.05) is 6.54 Å². The van der Waals surface area contributed by atoms with E-state index in [1.807, 2.05) is 6.08 Å². The second-order valence-corrected chi connectivity index (χ2v) is 4.55. The molecule has 0 fully saturated rings. The number of nitrogens with one attached hydrogen (secondary N) is 1. The van der Waals surface area contributed by atoms with Gasteiger partial charge in [0, 0.05) is 10.9 Å². The van der Waals surface area contributed by atoms with Crippen LogP contribution in [0.15, 0.2) is 12.7 Å². The minimum Gasteiger partial charge on any atom is -0.309 e. The number of thiazole rings is 1. The summed E-state index contributed by atoms with van der Waals surface area (Å²) in [6, 6.07) is 0.392. The monoisotopic (exact) mass is 210 g/mol. The van der Waals surface area contributed by atoms with Gasteiger partial charge >= 0.3 is 0 Å². The summed E-state index contributed by atoms with van der Waals surface area (Å²) >= 11 is 1.78. The fourth-order valence-corrected chi connectivity index (χ4v) is 2.58. The smallest absolute Gasteiger partial charge is 0.0900 e. The van der Waals surface area contributed by atoms with Crippen LogP contribution in [0.2, 0.25) is 0 Å². The van der Waals surface area contributed by atoms with Crippen LogP contribution in [0.5, 0.6) is 0 Å². The molecule has 0 aliphatic rings. The van der Waals surface area contributed by atoms with Crippen molar-refractivity contribution in [2.45, 2.75) is 33.2 Å². The zero-order chi connectivity index (χ0) is 10.6. The lowest BCUT2D eigenvalue weighted by Crippen LogP contribution is -2.20. The standard InChI is InChI=1S/C11H18N2S/c1-5-7-10(12-6-2)11-8(3)13-9(4)14-11/h5,10,12H,1,6-7H2,2-4H3. The molecule has 0 radical (unpaired) electrons. The first-order valence-electron chi connectivity index (χ1n) is 4.97. The molecular weight excluding hydrogens is 192 g/mol. The van der Waals surface area contributed by atoms with Crippen LogP contribution in [0.4, 0.5) is 0 Å². The SMILES string of the molecule is C=CCC(NCC)c1sc(C)nc1C. The van der Waals surface area contributed by atoms with Crippen molar-refractivity contribution in [3.05, 3.63) is 28.2 Å². The number of hydrogen-bond acceptors (Lipinski definition) is 3. The van der Waals surface area contributed by atoms with Gasteiger partial charge in [-0.3, -0.25) is 0 Å². The van der Waals surface area contributed by atoms with Gasteiger partial charge in [-0.25, -0.2) is 4.98 Å². The molecular formula is C11H18N2S. The molecule has 0 aliphatic carbocycles. The largest absolute Gasteiger partial charge is 0.309 e. The molecule has 3 heteroatoms. The summed E-state index contributed by atoms with van der Waals surface area (Å²) in [6.45, 7) is 11.0. The molecule has 0 spiro atoms. The predicted octanol–water partition coefficient (Wildman–Crippen LogP) is 2.99. The molecule has 1 aromatic heterocycles.